The van der Waals surface area contributed by atoms with Crippen LogP contribution in [0.3, 0.4) is 0 Å². The third-order valence-corrected chi connectivity index (χ3v) is 3.90. The van der Waals surface area contributed by atoms with Gasteiger partial charge < -0.3 is 20.1 Å². The molecule has 2 amide bonds. The molecule has 2 rings (SSSR count). The molecule has 0 radical (unpaired) electrons. The van der Waals surface area contributed by atoms with Gasteiger partial charge in [0.1, 0.15) is 11.5 Å². The summed E-state index contributed by atoms with van der Waals surface area (Å²) in [5.41, 5.74) is 1.49. The highest BCUT2D eigenvalue weighted by Crippen LogP contribution is 2.17. The number of hydrogen-bond donors (Lipinski definition) is 2. The number of rotatable bonds is 9. The average Bonchev–Trinajstić information content (AvgIpc) is 2.68. The minimum Gasteiger partial charge on any atom is -0.496 e. The highest BCUT2D eigenvalue weighted by Gasteiger charge is 2.11. The predicted molar refractivity (Wildman–Crippen MR) is 99.7 cm³/mol. The van der Waals surface area contributed by atoms with Crippen LogP contribution < -0.4 is 20.1 Å². The van der Waals surface area contributed by atoms with Gasteiger partial charge in [-0.3, -0.25) is 9.59 Å². The van der Waals surface area contributed by atoms with Crippen LogP contribution >= 0.6 is 0 Å². The third-order valence-electron chi connectivity index (χ3n) is 3.90. The number of carbonyl (C=O) groups excluding carboxylic acids is 2. The molecule has 0 aliphatic carbocycles. The van der Waals surface area contributed by atoms with Crippen LogP contribution in [-0.2, 0) is 11.2 Å². The average molecular weight is 356 g/mol. The van der Waals surface area contributed by atoms with Gasteiger partial charge in [0.25, 0.3) is 5.91 Å². The van der Waals surface area contributed by atoms with E-state index < -0.39 is 0 Å². The van der Waals surface area contributed by atoms with Gasteiger partial charge in [-0.25, -0.2) is 0 Å². The molecular weight excluding hydrogens is 332 g/mol. The predicted octanol–water partition coefficient (Wildman–Crippen LogP) is 2.18. The van der Waals surface area contributed by atoms with Crippen molar-refractivity contribution in [3.63, 3.8) is 0 Å². The lowest BCUT2D eigenvalue weighted by atomic mass is 10.1. The van der Waals surface area contributed by atoms with Crippen LogP contribution in [0.25, 0.3) is 0 Å². The molecule has 0 aliphatic rings. The normalized spacial score (nSPS) is 10.1. The Bertz CT molecular complexity index is 746. The van der Waals surface area contributed by atoms with Crippen molar-refractivity contribution < 1.29 is 19.1 Å². The van der Waals surface area contributed by atoms with E-state index >= 15 is 0 Å². The molecule has 0 aliphatic heterocycles. The van der Waals surface area contributed by atoms with Crippen molar-refractivity contribution >= 4 is 11.8 Å². The smallest absolute Gasteiger partial charge is 0.255 e. The van der Waals surface area contributed by atoms with Gasteiger partial charge in [0.05, 0.1) is 19.8 Å². The van der Waals surface area contributed by atoms with Gasteiger partial charge >= 0.3 is 0 Å². The summed E-state index contributed by atoms with van der Waals surface area (Å²) in [6, 6.07) is 14.7. The zero-order valence-corrected chi connectivity index (χ0v) is 15.1. The maximum atomic E-state index is 12.1. The molecule has 0 fully saturated rings. The second-order valence-electron chi connectivity index (χ2n) is 5.62. The molecule has 26 heavy (non-hydrogen) atoms. The van der Waals surface area contributed by atoms with Crippen LogP contribution in [0.15, 0.2) is 48.5 Å². The van der Waals surface area contributed by atoms with E-state index in [4.69, 9.17) is 9.47 Å². The minimum absolute atomic E-state index is 0.111. The highest BCUT2D eigenvalue weighted by atomic mass is 16.5. The Morgan fingerprint density at radius 3 is 2.23 bits per heavy atom. The van der Waals surface area contributed by atoms with E-state index in [9.17, 15) is 9.59 Å². The summed E-state index contributed by atoms with van der Waals surface area (Å²) in [6.07, 6.45) is 0.899. The van der Waals surface area contributed by atoms with Crippen molar-refractivity contribution in [2.75, 3.05) is 27.3 Å². The number of methoxy groups -OCH3 is 2. The molecule has 0 spiro atoms. The molecule has 0 atom stereocenters. The van der Waals surface area contributed by atoms with Gasteiger partial charge in [-0.05, 0) is 30.2 Å². The van der Waals surface area contributed by atoms with Crippen LogP contribution in [0.4, 0.5) is 0 Å². The highest BCUT2D eigenvalue weighted by molar-refractivity contribution is 5.97. The fourth-order valence-electron chi connectivity index (χ4n) is 2.55. The minimum atomic E-state index is -0.260. The lowest BCUT2D eigenvalue weighted by Crippen LogP contribution is -2.31. The van der Waals surface area contributed by atoms with Gasteiger partial charge in [0, 0.05) is 19.5 Å². The quantitative estimate of drug-likeness (QED) is 0.722. The second kappa shape index (κ2) is 10.1. The van der Waals surface area contributed by atoms with Gasteiger partial charge in [-0.15, -0.1) is 0 Å². The van der Waals surface area contributed by atoms with E-state index in [-0.39, 0.29) is 24.8 Å². The summed E-state index contributed by atoms with van der Waals surface area (Å²) in [6.45, 7) is 0.775. The maximum absolute atomic E-state index is 12.1. The Kier molecular flexibility index (Phi) is 7.49. The molecule has 6 heteroatoms. The molecule has 2 aromatic carbocycles. The summed E-state index contributed by atoms with van der Waals surface area (Å²) < 4.78 is 10.4. The van der Waals surface area contributed by atoms with Crippen LogP contribution in [-0.4, -0.2) is 39.1 Å². The Morgan fingerprint density at radius 2 is 1.50 bits per heavy atom. The zero-order valence-electron chi connectivity index (χ0n) is 15.1. The molecule has 0 heterocycles. The number of hydrogen-bond acceptors (Lipinski definition) is 4. The third kappa shape index (κ3) is 5.51. The first-order valence-electron chi connectivity index (χ1n) is 8.45. The van der Waals surface area contributed by atoms with E-state index in [1.54, 1.807) is 31.4 Å². The van der Waals surface area contributed by atoms with Crippen LogP contribution in [0.2, 0.25) is 0 Å². The van der Waals surface area contributed by atoms with E-state index in [0.717, 1.165) is 11.3 Å². The van der Waals surface area contributed by atoms with E-state index in [2.05, 4.69) is 10.6 Å². The first kappa shape index (κ1) is 19.3. The van der Waals surface area contributed by atoms with Crippen molar-refractivity contribution in [1.29, 1.82) is 0 Å². The standard InChI is InChI=1S/C20H24N2O4/c1-25-17-9-5-3-7-15(17)11-13-21-19(23)12-14-22-20(24)16-8-4-6-10-18(16)26-2/h3-10H,11-14H2,1-2H3,(H,21,23)(H,22,24). The zero-order chi connectivity index (χ0) is 18.8. The summed E-state index contributed by atoms with van der Waals surface area (Å²) >= 11 is 0. The fraction of sp³-hybridized carbons (Fsp3) is 0.300. The lowest BCUT2D eigenvalue weighted by molar-refractivity contribution is -0.120. The van der Waals surface area contributed by atoms with Crippen molar-refractivity contribution in [2.45, 2.75) is 12.8 Å². The first-order valence-corrected chi connectivity index (χ1v) is 8.45. The van der Waals surface area contributed by atoms with Crippen molar-refractivity contribution in [3.8, 4) is 11.5 Å². The number of carbonyl (C=O) groups is 2. The Labute approximate surface area is 153 Å². The molecule has 0 saturated carbocycles. The van der Waals surface area contributed by atoms with Gasteiger partial charge in [0.2, 0.25) is 5.91 Å². The van der Waals surface area contributed by atoms with E-state index in [1.165, 1.54) is 7.11 Å². The monoisotopic (exact) mass is 356 g/mol. The van der Waals surface area contributed by atoms with Crippen molar-refractivity contribution in [1.82, 2.24) is 10.6 Å². The summed E-state index contributed by atoms with van der Waals surface area (Å²) in [4.78, 5) is 24.0. The topological polar surface area (TPSA) is 76.7 Å². The summed E-state index contributed by atoms with van der Waals surface area (Å²) in [5.74, 6) is 0.946. The van der Waals surface area contributed by atoms with Crippen molar-refractivity contribution in [3.05, 3.63) is 59.7 Å². The molecule has 0 bridgehead atoms. The summed E-state index contributed by atoms with van der Waals surface area (Å²) in [7, 11) is 3.14. The summed E-state index contributed by atoms with van der Waals surface area (Å²) in [5, 5.41) is 5.58. The van der Waals surface area contributed by atoms with E-state index in [1.807, 2.05) is 24.3 Å². The van der Waals surface area contributed by atoms with E-state index in [0.29, 0.717) is 24.3 Å². The molecule has 0 unspecified atom stereocenters. The Balaban J connectivity index is 1.71. The van der Waals surface area contributed by atoms with Crippen molar-refractivity contribution in [2.24, 2.45) is 0 Å². The van der Waals surface area contributed by atoms with Crippen LogP contribution in [0.1, 0.15) is 22.3 Å². The fourth-order valence-corrected chi connectivity index (χ4v) is 2.55. The molecule has 2 aromatic rings. The molecule has 6 nitrogen and oxygen atoms in total. The number of benzene rings is 2. The van der Waals surface area contributed by atoms with Gasteiger partial charge in [-0.2, -0.15) is 0 Å². The molecule has 2 N–H and O–H groups in total. The maximum Gasteiger partial charge on any atom is 0.255 e. The Morgan fingerprint density at radius 1 is 0.846 bits per heavy atom. The van der Waals surface area contributed by atoms with Gasteiger partial charge in [-0.1, -0.05) is 30.3 Å². The molecular formula is C20H24N2O4. The largest absolute Gasteiger partial charge is 0.496 e. The second-order valence-corrected chi connectivity index (χ2v) is 5.62. The molecule has 0 saturated heterocycles. The SMILES string of the molecule is COc1ccccc1CCNC(=O)CCNC(=O)c1ccccc1OC. The van der Waals surface area contributed by atoms with Gasteiger partial charge in [0.15, 0.2) is 0 Å². The lowest BCUT2D eigenvalue weighted by Gasteiger charge is -2.10. The van der Waals surface area contributed by atoms with Crippen LogP contribution in [0.5, 0.6) is 11.5 Å². The first-order chi connectivity index (χ1) is 12.7. The Hall–Kier alpha value is -3.02. The number of amides is 2. The molecule has 138 valence electrons. The number of nitrogens with one attached hydrogen (secondary N) is 2. The number of ether oxygens (including phenoxy) is 2. The number of para-hydroxylation sites is 2. The molecule has 0 aromatic heterocycles. The van der Waals surface area contributed by atoms with Crippen LogP contribution in [0, 0.1) is 0 Å².